The molecule has 0 saturated carbocycles. The average molecular weight is 483 g/mol. The number of aromatic nitrogens is 1. The van der Waals surface area contributed by atoms with E-state index in [9.17, 15) is 8.42 Å². The number of sulfonamides is 1. The first-order chi connectivity index (χ1) is 14.3. The van der Waals surface area contributed by atoms with Gasteiger partial charge in [-0.1, -0.05) is 65.8 Å². The van der Waals surface area contributed by atoms with Gasteiger partial charge in [0, 0.05) is 0 Å². The Kier molecular flexibility index (Phi) is 5.49. The van der Waals surface area contributed by atoms with Crippen LogP contribution in [0.4, 0.5) is 5.88 Å². The van der Waals surface area contributed by atoms with Crippen LogP contribution in [0.5, 0.6) is 0 Å². The van der Waals surface area contributed by atoms with Gasteiger partial charge in [-0.2, -0.15) is 0 Å². The molecular formula is C23H19BrN2O3S. The molecule has 0 saturated heterocycles. The third kappa shape index (κ3) is 4.04. The highest BCUT2D eigenvalue weighted by Crippen LogP contribution is 2.30. The predicted octanol–water partition coefficient (Wildman–Crippen LogP) is 6.19. The van der Waals surface area contributed by atoms with Crippen LogP contribution in [0, 0.1) is 13.8 Å². The summed E-state index contributed by atoms with van der Waals surface area (Å²) in [6, 6.07) is 23.2. The lowest BCUT2D eigenvalue weighted by atomic mass is 9.98. The van der Waals surface area contributed by atoms with Crippen LogP contribution < -0.4 is 4.72 Å². The van der Waals surface area contributed by atoms with Gasteiger partial charge in [-0.15, -0.1) is 0 Å². The van der Waals surface area contributed by atoms with Crippen LogP contribution >= 0.6 is 15.9 Å². The summed E-state index contributed by atoms with van der Waals surface area (Å²) in [5, 5.41) is 3.73. The van der Waals surface area contributed by atoms with Crippen molar-refractivity contribution in [1.29, 1.82) is 0 Å². The van der Waals surface area contributed by atoms with Gasteiger partial charge in [0.15, 0.2) is 0 Å². The molecule has 0 aliphatic carbocycles. The monoisotopic (exact) mass is 482 g/mol. The summed E-state index contributed by atoms with van der Waals surface area (Å²) in [6.45, 7) is 3.81. The van der Waals surface area contributed by atoms with E-state index in [1.54, 1.807) is 31.2 Å². The minimum absolute atomic E-state index is 0.0587. The molecule has 30 heavy (non-hydrogen) atoms. The molecule has 1 N–H and O–H groups in total. The molecule has 7 heteroatoms. The van der Waals surface area contributed by atoms with Crippen molar-refractivity contribution in [2.45, 2.75) is 18.7 Å². The maximum Gasteiger partial charge on any atom is 0.264 e. The van der Waals surface area contributed by atoms with Crippen molar-refractivity contribution in [1.82, 2.24) is 5.16 Å². The van der Waals surface area contributed by atoms with Crippen LogP contribution in [0.1, 0.15) is 11.3 Å². The molecule has 1 heterocycles. The first-order valence-corrected chi connectivity index (χ1v) is 11.5. The Morgan fingerprint density at radius 2 is 1.40 bits per heavy atom. The van der Waals surface area contributed by atoms with Gasteiger partial charge in [-0.25, -0.2) is 13.1 Å². The fraction of sp³-hybridized carbons (Fsp3) is 0.0870. The Labute approximate surface area is 183 Å². The number of hydrogen-bond donors (Lipinski definition) is 1. The van der Waals surface area contributed by atoms with Gasteiger partial charge in [0.1, 0.15) is 4.47 Å². The highest BCUT2D eigenvalue weighted by Gasteiger charge is 2.20. The van der Waals surface area contributed by atoms with Gasteiger partial charge in [0.05, 0.1) is 10.6 Å². The number of aryl methyl sites for hydroxylation is 2. The average Bonchev–Trinajstić information content (AvgIpc) is 3.06. The second kappa shape index (κ2) is 8.08. The number of hydrogen-bond acceptors (Lipinski definition) is 4. The van der Waals surface area contributed by atoms with Crippen molar-refractivity contribution in [3.05, 3.63) is 88.5 Å². The lowest BCUT2D eigenvalue weighted by Gasteiger charge is -2.09. The second-order valence-electron chi connectivity index (χ2n) is 6.93. The fourth-order valence-corrected chi connectivity index (χ4v) is 4.54. The molecule has 4 aromatic rings. The highest BCUT2D eigenvalue weighted by atomic mass is 79.9. The molecule has 0 spiro atoms. The van der Waals surface area contributed by atoms with E-state index in [4.69, 9.17) is 4.52 Å². The van der Waals surface area contributed by atoms with Crippen molar-refractivity contribution in [3.8, 4) is 22.3 Å². The third-order valence-corrected chi connectivity index (χ3v) is 7.14. The molecular weight excluding hydrogens is 464 g/mol. The van der Waals surface area contributed by atoms with Crippen LogP contribution in [-0.2, 0) is 10.0 Å². The van der Waals surface area contributed by atoms with Gasteiger partial charge in [-0.3, -0.25) is 0 Å². The van der Waals surface area contributed by atoms with Crippen LogP contribution in [0.15, 0.2) is 86.7 Å². The summed E-state index contributed by atoms with van der Waals surface area (Å²) in [5.74, 6) is 0.0587. The molecule has 0 amide bonds. The summed E-state index contributed by atoms with van der Waals surface area (Å²) in [5.41, 5.74) is 6.08. The minimum Gasteiger partial charge on any atom is -0.336 e. The normalized spacial score (nSPS) is 11.4. The zero-order valence-electron chi connectivity index (χ0n) is 16.4. The Morgan fingerprint density at radius 3 is 1.97 bits per heavy atom. The summed E-state index contributed by atoms with van der Waals surface area (Å²) >= 11 is 3.26. The first kappa shape index (κ1) is 20.4. The molecule has 1 aromatic heterocycles. The van der Waals surface area contributed by atoms with Crippen molar-refractivity contribution in [2.75, 3.05) is 4.72 Å². The standard InChI is InChI=1S/C23H19BrN2O3S/c1-15-5-3-4-6-21(15)19-9-7-17(8-10-19)18-11-13-20(14-12-18)30(27,28)26-23-22(24)16(2)25-29-23/h3-14,26H,1-2H3. The van der Waals surface area contributed by atoms with Crippen LogP contribution in [0.2, 0.25) is 0 Å². The zero-order chi connectivity index (χ0) is 21.3. The van der Waals surface area contributed by atoms with Crippen molar-refractivity contribution in [2.24, 2.45) is 0 Å². The van der Waals surface area contributed by atoms with Gasteiger partial charge in [0.2, 0.25) is 0 Å². The molecule has 5 nitrogen and oxygen atoms in total. The minimum atomic E-state index is -3.78. The molecule has 0 radical (unpaired) electrons. The molecule has 0 aliphatic heterocycles. The van der Waals surface area contributed by atoms with E-state index >= 15 is 0 Å². The summed E-state index contributed by atoms with van der Waals surface area (Å²) in [4.78, 5) is 0.142. The van der Waals surface area contributed by atoms with Crippen molar-refractivity contribution in [3.63, 3.8) is 0 Å². The quantitative estimate of drug-likeness (QED) is 0.368. The van der Waals surface area contributed by atoms with Gasteiger partial charge >= 0.3 is 0 Å². The smallest absolute Gasteiger partial charge is 0.264 e. The van der Waals surface area contributed by atoms with E-state index in [-0.39, 0.29) is 10.8 Å². The van der Waals surface area contributed by atoms with E-state index in [1.807, 2.05) is 24.3 Å². The van der Waals surface area contributed by atoms with E-state index in [0.717, 1.165) is 16.7 Å². The molecule has 0 unspecified atom stereocenters. The van der Waals surface area contributed by atoms with E-state index in [2.05, 4.69) is 57.0 Å². The number of rotatable bonds is 5. The second-order valence-corrected chi connectivity index (χ2v) is 9.41. The largest absolute Gasteiger partial charge is 0.336 e. The van der Waals surface area contributed by atoms with Crippen LogP contribution in [-0.4, -0.2) is 13.6 Å². The topological polar surface area (TPSA) is 72.2 Å². The summed E-state index contributed by atoms with van der Waals surface area (Å²) < 4.78 is 33.2. The van der Waals surface area contributed by atoms with E-state index in [1.165, 1.54) is 11.1 Å². The van der Waals surface area contributed by atoms with Crippen LogP contribution in [0.3, 0.4) is 0 Å². The van der Waals surface area contributed by atoms with Gasteiger partial charge in [0.25, 0.3) is 15.9 Å². The Balaban J connectivity index is 1.56. The summed E-state index contributed by atoms with van der Waals surface area (Å²) in [7, 11) is -3.78. The third-order valence-electron chi connectivity index (χ3n) is 4.86. The first-order valence-electron chi connectivity index (χ1n) is 9.26. The number of halogens is 1. The Morgan fingerprint density at radius 1 is 0.833 bits per heavy atom. The van der Waals surface area contributed by atoms with Gasteiger partial charge < -0.3 is 4.52 Å². The SMILES string of the molecule is Cc1ccccc1-c1ccc(-c2ccc(S(=O)(=O)Nc3onc(C)c3Br)cc2)cc1. The molecule has 0 atom stereocenters. The van der Waals surface area contributed by atoms with Crippen LogP contribution in [0.25, 0.3) is 22.3 Å². The predicted molar refractivity (Wildman–Crippen MR) is 122 cm³/mol. The fourth-order valence-electron chi connectivity index (χ4n) is 3.17. The lowest BCUT2D eigenvalue weighted by molar-refractivity contribution is 0.430. The molecule has 152 valence electrons. The summed E-state index contributed by atoms with van der Waals surface area (Å²) in [6.07, 6.45) is 0. The number of benzene rings is 3. The maximum absolute atomic E-state index is 12.6. The number of anilines is 1. The molecule has 3 aromatic carbocycles. The van der Waals surface area contributed by atoms with E-state index < -0.39 is 10.0 Å². The van der Waals surface area contributed by atoms with Crippen molar-refractivity contribution >= 4 is 31.8 Å². The lowest BCUT2D eigenvalue weighted by Crippen LogP contribution is -2.12. The maximum atomic E-state index is 12.6. The zero-order valence-corrected chi connectivity index (χ0v) is 18.8. The Bertz CT molecular complexity index is 1300. The molecule has 4 rings (SSSR count). The van der Waals surface area contributed by atoms with Gasteiger partial charge in [-0.05, 0) is 69.7 Å². The molecule has 0 fully saturated rings. The molecule has 0 aliphatic rings. The molecule has 0 bridgehead atoms. The van der Waals surface area contributed by atoms with E-state index in [0.29, 0.717) is 10.2 Å². The number of nitrogens with one attached hydrogen (secondary N) is 1. The Hall–Kier alpha value is -2.90. The highest BCUT2D eigenvalue weighted by molar-refractivity contribution is 9.10. The number of nitrogens with zero attached hydrogens (tertiary/aromatic N) is 1. The van der Waals surface area contributed by atoms with Crippen molar-refractivity contribution < 1.29 is 12.9 Å².